The molecule has 0 radical (unpaired) electrons. The summed E-state index contributed by atoms with van der Waals surface area (Å²) < 4.78 is 10.4. The number of nitrogens with two attached hydrogens (primary N) is 1. The zero-order valence-corrected chi connectivity index (χ0v) is 15.3. The molecule has 0 saturated heterocycles. The number of hydrogen-bond donors (Lipinski definition) is 2. The van der Waals surface area contributed by atoms with Crippen molar-refractivity contribution in [3.63, 3.8) is 0 Å². The first-order valence-electron chi connectivity index (χ1n) is 8.48. The quantitative estimate of drug-likeness (QED) is 0.572. The minimum Gasteiger partial charge on any atom is -0.544 e. The number of nitrogens with one attached hydrogen (secondary N) is 1. The van der Waals surface area contributed by atoms with Crippen molar-refractivity contribution in [3.8, 4) is 11.5 Å². The number of aliphatic carboxylic acids is 1. The van der Waals surface area contributed by atoms with Crippen LogP contribution in [0.5, 0.6) is 11.5 Å². The number of carboxylic acid groups (broad SMARTS) is 1. The van der Waals surface area contributed by atoms with Gasteiger partial charge in [0, 0.05) is 12.6 Å². The van der Waals surface area contributed by atoms with Crippen molar-refractivity contribution in [2.45, 2.75) is 18.9 Å². The number of nitrogens with zero attached hydrogens (tertiary/aromatic N) is 1. The summed E-state index contributed by atoms with van der Waals surface area (Å²) in [6.07, 6.45) is 3.49. The number of carboxylic acids is 1. The summed E-state index contributed by atoms with van der Waals surface area (Å²) in [6.45, 7) is 0.480. The lowest BCUT2D eigenvalue weighted by atomic mass is 10.1. The molecule has 1 atom stereocenters. The second kappa shape index (κ2) is 10.1. The summed E-state index contributed by atoms with van der Waals surface area (Å²) in [4.78, 5) is 27.3. The maximum atomic E-state index is 12.0. The number of rotatable bonds is 10. The lowest BCUT2D eigenvalue weighted by molar-refractivity contribution is -0.682. The van der Waals surface area contributed by atoms with E-state index in [9.17, 15) is 14.7 Å². The fraction of sp³-hybridized carbons (Fsp3) is 0.316. The van der Waals surface area contributed by atoms with E-state index in [-0.39, 0.29) is 6.42 Å². The van der Waals surface area contributed by atoms with Crippen LogP contribution in [0.1, 0.15) is 12.0 Å². The Bertz CT molecular complexity index is 767. The molecular formula is C19H23N3O5. The van der Waals surface area contributed by atoms with E-state index in [0.717, 1.165) is 5.56 Å². The molecule has 1 amide bonds. The standard InChI is InChI=1S/C19H23N3O5/c1-26-16-6-5-13(10-17(16)27-2)7-9-21-15(19(24)25)11-18(23)22-14-4-3-8-20-12-14/h3-6,8,10,12,15,21H,7,9,11H2,1-2H3,(H,22,23)(H,24,25)/t15-/m1/s1. The Morgan fingerprint density at radius 1 is 1.22 bits per heavy atom. The summed E-state index contributed by atoms with van der Waals surface area (Å²) >= 11 is 0. The van der Waals surface area contributed by atoms with E-state index in [1.54, 1.807) is 43.9 Å². The van der Waals surface area contributed by atoms with E-state index >= 15 is 0 Å². The Balaban J connectivity index is 1.87. The molecule has 0 spiro atoms. The molecule has 0 unspecified atom stereocenters. The highest BCUT2D eigenvalue weighted by molar-refractivity contribution is 5.93. The van der Waals surface area contributed by atoms with Gasteiger partial charge in [-0.25, -0.2) is 0 Å². The van der Waals surface area contributed by atoms with Crippen LogP contribution in [0.2, 0.25) is 0 Å². The Labute approximate surface area is 157 Å². The van der Waals surface area contributed by atoms with Crippen LogP contribution in [0, 0.1) is 0 Å². The van der Waals surface area contributed by atoms with Crippen LogP contribution < -0.4 is 25.2 Å². The largest absolute Gasteiger partial charge is 0.544 e. The number of anilines is 1. The van der Waals surface area contributed by atoms with Gasteiger partial charge < -0.3 is 30.0 Å². The molecule has 2 rings (SSSR count). The third-order valence-corrected chi connectivity index (χ3v) is 3.99. The van der Waals surface area contributed by atoms with E-state index in [4.69, 9.17) is 9.47 Å². The van der Waals surface area contributed by atoms with Gasteiger partial charge in [0.25, 0.3) is 0 Å². The van der Waals surface area contributed by atoms with Crippen molar-refractivity contribution >= 4 is 17.6 Å². The summed E-state index contributed by atoms with van der Waals surface area (Å²) in [7, 11) is 3.12. The second-order valence-electron chi connectivity index (χ2n) is 5.88. The van der Waals surface area contributed by atoms with Gasteiger partial charge >= 0.3 is 0 Å². The highest BCUT2D eigenvalue weighted by Crippen LogP contribution is 2.27. The third kappa shape index (κ3) is 6.27. The molecule has 0 bridgehead atoms. The first-order valence-corrected chi connectivity index (χ1v) is 8.48. The van der Waals surface area contributed by atoms with Gasteiger partial charge in [-0.1, -0.05) is 6.07 Å². The molecule has 8 heteroatoms. The highest BCUT2D eigenvalue weighted by Gasteiger charge is 2.18. The van der Waals surface area contributed by atoms with Crippen molar-refractivity contribution in [3.05, 3.63) is 48.3 Å². The molecule has 1 aromatic carbocycles. The fourth-order valence-corrected chi connectivity index (χ4v) is 2.60. The van der Waals surface area contributed by atoms with Crippen LogP contribution in [0.4, 0.5) is 5.69 Å². The number of hydrogen-bond acceptors (Lipinski definition) is 6. The Kier molecular flexibility index (Phi) is 7.57. The maximum Gasteiger partial charge on any atom is 0.230 e. The summed E-state index contributed by atoms with van der Waals surface area (Å²) in [5.74, 6) is -0.435. The molecule has 0 aliphatic rings. The van der Waals surface area contributed by atoms with Crippen LogP contribution >= 0.6 is 0 Å². The number of carbonyl (C=O) groups is 2. The van der Waals surface area contributed by atoms with E-state index in [1.165, 1.54) is 6.20 Å². The predicted octanol–water partition coefficient (Wildman–Crippen LogP) is -0.648. The highest BCUT2D eigenvalue weighted by atomic mass is 16.5. The molecule has 3 N–H and O–H groups in total. The summed E-state index contributed by atoms with van der Waals surface area (Å²) in [6, 6.07) is 7.92. The van der Waals surface area contributed by atoms with Crippen molar-refractivity contribution in [1.29, 1.82) is 0 Å². The van der Waals surface area contributed by atoms with E-state index in [1.807, 2.05) is 12.1 Å². The van der Waals surface area contributed by atoms with Gasteiger partial charge in [-0.3, -0.25) is 9.78 Å². The topological polar surface area (TPSA) is 117 Å². The lowest BCUT2D eigenvalue weighted by Gasteiger charge is -2.16. The molecular weight excluding hydrogens is 350 g/mol. The average Bonchev–Trinajstić information content (AvgIpc) is 2.67. The molecule has 27 heavy (non-hydrogen) atoms. The molecule has 0 fully saturated rings. The van der Waals surface area contributed by atoms with Gasteiger partial charge in [0.2, 0.25) is 5.91 Å². The molecule has 0 aliphatic carbocycles. The number of pyridine rings is 1. The number of quaternary nitrogens is 1. The summed E-state index contributed by atoms with van der Waals surface area (Å²) in [5, 5.41) is 15.6. The van der Waals surface area contributed by atoms with Gasteiger partial charge in [-0.2, -0.15) is 0 Å². The predicted molar refractivity (Wildman–Crippen MR) is 96.3 cm³/mol. The first kappa shape index (κ1) is 20.2. The Morgan fingerprint density at radius 2 is 2.00 bits per heavy atom. The average molecular weight is 373 g/mol. The van der Waals surface area contributed by atoms with Crippen LogP contribution in [0.15, 0.2) is 42.7 Å². The molecule has 1 heterocycles. The number of benzene rings is 1. The molecule has 1 aromatic heterocycles. The maximum absolute atomic E-state index is 12.0. The van der Waals surface area contributed by atoms with Gasteiger partial charge in [-0.15, -0.1) is 0 Å². The van der Waals surface area contributed by atoms with Crippen molar-refractivity contribution < 1.29 is 29.5 Å². The van der Waals surface area contributed by atoms with Crippen LogP contribution in [-0.4, -0.2) is 43.7 Å². The Morgan fingerprint density at radius 3 is 2.63 bits per heavy atom. The van der Waals surface area contributed by atoms with Crippen LogP contribution in [0.25, 0.3) is 0 Å². The van der Waals surface area contributed by atoms with Crippen LogP contribution in [0.3, 0.4) is 0 Å². The lowest BCUT2D eigenvalue weighted by Crippen LogP contribution is -2.93. The molecule has 144 valence electrons. The van der Waals surface area contributed by atoms with E-state index in [2.05, 4.69) is 10.3 Å². The van der Waals surface area contributed by atoms with E-state index < -0.39 is 17.9 Å². The Hall–Kier alpha value is -3.13. The van der Waals surface area contributed by atoms with Gasteiger partial charge in [0.15, 0.2) is 11.5 Å². The normalized spacial score (nSPS) is 11.5. The third-order valence-electron chi connectivity index (χ3n) is 3.99. The fourth-order valence-electron chi connectivity index (χ4n) is 2.60. The van der Waals surface area contributed by atoms with Gasteiger partial charge in [0.05, 0.1) is 45.0 Å². The zero-order valence-electron chi connectivity index (χ0n) is 15.3. The summed E-state index contributed by atoms with van der Waals surface area (Å²) in [5.41, 5.74) is 1.49. The van der Waals surface area contributed by atoms with Crippen molar-refractivity contribution in [1.82, 2.24) is 4.98 Å². The number of aromatic nitrogens is 1. The monoisotopic (exact) mass is 373 g/mol. The van der Waals surface area contributed by atoms with Gasteiger partial charge in [0.1, 0.15) is 6.04 Å². The second-order valence-corrected chi connectivity index (χ2v) is 5.88. The first-order chi connectivity index (χ1) is 13.0. The SMILES string of the molecule is COc1ccc(CC[NH2+][C@H](CC(=O)Nc2cccnc2)C(=O)[O-])cc1OC. The van der Waals surface area contributed by atoms with E-state index in [0.29, 0.717) is 30.2 Å². The molecule has 0 aliphatic heterocycles. The van der Waals surface area contributed by atoms with Gasteiger partial charge in [-0.05, 0) is 29.8 Å². The van der Waals surface area contributed by atoms with Crippen molar-refractivity contribution in [2.24, 2.45) is 0 Å². The smallest absolute Gasteiger partial charge is 0.230 e. The molecule has 0 saturated carbocycles. The minimum absolute atomic E-state index is 0.191. The number of amides is 1. The van der Waals surface area contributed by atoms with Crippen molar-refractivity contribution in [2.75, 3.05) is 26.1 Å². The number of methoxy groups -OCH3 is 2. The molecule has 8 nitrogen and oxygen atoms in total. The molecule has 2 aromatic rings. The number of carbonyl (C=O) groups excluding carboxylic acids is 2. The van der Waals surface area contributed by atoms with Crippen LogP contribution in [-0.2, 0) is 16.0 Å². The number of ether oxygens (including phenoxy) is 2. The zero-order chi connectivity index (χ0) is 19.6. The minimum atomic E-state index is -1.27.